The summed E-state index contributed by atoms with van der Waals surface area (Å²) >= 11 is 0. The topological polar surface area (TPSA) is 41.6 Å². The van der Waals surface area contributed by atoms with Crippen LogP contribution in [0, 0.1) is 5.92 Å². The van der Waals surface area contributed by atoms with Crippen molar-refractivity contribution in [2.45, 2.75) is 70.4 Å². The van der Waals surface area contributed by atoms with Gasteiger partial charge >= 0.3 is 5.97 Å². The van der Waals surface area contributed by atoms with Crippen molar-refractivity contribution in [3.8, 4) is 0 Å². The van der Waals surface area contributed by atoms with Crippen LogP contribution in [-0.4, -0.2) is 49.2 Å². The zero-order chi connectivity index (χ0) is 15.3. The highest BCUT2D eigenvalue weighted by Crippen LogP contribution is 2.41. The number of carbonyl (C=O) groups is 1. The molecule has 2 rings (SSSR count). The fourth-order valence-electron chi connectivity index (χ4n) is 3.85. The molecule has 0 spiro atoms. The molecule has 0 aromatic rings. The second-order valence-electron chi connectivity index (χ2n) is 6.57. The second kappa shape index (κ2) is 7.59. The number of esters is 1. The minimum Gasteiger partial charge on any atom is -0.465 e. The van der Waals surface area contributed by atoms with E-state index in [0.29, 0.717) is 18.6 Å². The van der Waals surface area contributed by atoms with Crippen molar-refractivity contribution in [3.05, 3.63) is 0 Å². The maximum absolute atomic E-state index is 12.6. The van der Waals surface area contributed by atoms with E-state index < -0.39 is 5.54 Å². The summed E-state index contributed by atoms with van der Waals surface area (Å²) in [6.07, 6.45) is 8.87. The third-order valence-corrected chi connectivity index (χ3v) is 5.31. The monoisotopic (exact) mass is 296 g/mol. The Labute approximate surface area is 129 Å². The average Bonchev–Trinajstić information content (AvgIpc) is 3.35. The summed E-state index contributed by atoms with van der Waals surface area (Å²) in [5.41, 5.74) is -0.497. The predicted octanol–water partition coefficient (Wildman–Crippen LogP) is 2.57. The molecule has 21 heavy (non-hydrogen) atoms. The predicted molar refractivity (Wildman–Crippen MR) is 85.3 cm³/mol. The van der Waals surface area contributed by atoms with Crippen LogP contribution in [0.25, 0.3) is 0 Å². The van der Waals surface area contributed by atoms with Gasteiger partial charge in [-0.05, 0) is 52.1 Å². The fraction of sp³-hybridized carbons (Fsp3) is 0.941. The van der Waals surface area contributed by atoms with Crippen molar-refractivity contribution < 1.29 is 9.53 Å². The van der Waals surface area contributed by atoms with Crippen LogP contribution in [0.4, 0.5) is 0 Å². The van der Waals surface area contributed by atoms with Crippen LogP contribution in [0.2, 0.25) is 0 Å². The molecule has 122 valence electrons. The zero-order valence-electron chi connectivity index (χ0n) is 14.0. The highest BCUT2D eigenvalue weighted by atomic mass is 16.5. The van der Waals surface area contributed by atoms with Gasteiger partial charge in [0, 0.05) is 12.6 Å². The van der Waals surface area contributed by atoms with E-state index in [1.165, 1.54) is 32.1 Å². The summed E-state index contributed by atoms with van der Waals surface area (Å²) in [6.45, 7) is 6.38. The lowest BCUT2D eigenvalue weighted by Crippen LogP contribution is -2.61. The van der Waals surface area contributed by atoms with Gasteiger partial charge in [0.05, 0.1) is 6.61 Å². The van der Waals surface area contributed by atoms with E-state index in [-0.39, 0.29) is 5.97 Å². The number of hydrogen-bond acceptors (Lipinski definition) is 4. The highest BCUT2D eigenvalue weighted by molar-refractivity contribution is 5.82. The molecule has 1 N–H and O–H groups in total. The molecule has 0 aromatic carbocycles. The first kappa shape index (κ1) is 16.8. The van der Waals surface area contributed by atoms with Gasteiger partial charge in [-0.15, -0.1) is 0 Å². The Morgan fingerprint density at radius 2 is 1.86 bits per heavy atom. The van der Waals surface area contributed by atoms with Crippen LogP contribution in [-0.2, 0) is 9.53 Å². The zero-order valence-corrected chi connectivity index (χ0v) is 14.0. The lowest BCUT2D eigenvalue weighted by atomic mass is 9.89. The summed E-state index contributed by atoms with van der Waals surface area (Å²) in [5, 5.41) is 3.35. The average molecular weight is 296 g/mol. The van der Waals surface area contributed by atoms with Crippen molar-refractivity contribution in [1.82, 2.24) is 10.2 Å². The quantitative estimate of drug-likeness (QED) is 0.699. The Morgan fingerprint density at radius 1 is 1.19 bits per heavy atom. The molecule has 0 bridgehead atoms. The molecule has 0 amide bonds. The van der Waals surface area contributed by atoms with E-state index in [1.807, 2.05) is 14.0 Å². The van der Waals surface area contributed by atoms with Crippen molar-refractivity contribution in [2.75, 3.05) is 26.7 Å². The number of nitrogens with one attached hydrogen (secondary N) is 1. The lowest BCUT2D eigenvalue weighted by molar-refractivity contribution is -0.153. The summed E-state index contributed by atoms with van der Waals surface area (Å²) in [7, 11) is 1.92. The molecule has 4 nitrogen and oxygen atoms in total. The van der Waals surface area contributed by atoms with E-state index in [9.17, 15) is 4.79 Å². The third kappa shape index (κ3) is 3.78. The first-order chi connectivity index (χ1) is 10.2. The van der Waals surface area contributed by atoms with E-state index in [1.54, 1.807) is 0 Å². The summed E-state index contributed by atoms with van der Waals surface area (Å²) < 4.78 is 5.40. The molecule has 2 aliphatic carbocycles. The number of ether oxygens (including phenoxy) is 1. The lowest BCUT2D eigenvalue weighted by Gasteiger charge is -2.41. The maximum Gasteiger partial charge on any atom is 0.327 e. The standard InChI is InChI=1S/C17H32N2O2/c1-4-19(15-9-7-6-8-10-15)13-17(18-3,14-11-12-14)16(20)21-5-2/h14-15,18H,4-13H2,1-3H3. The van der Waals surface area contributed by atoms with Crippen LogP contribution < -0.4 is 5.32 Å². The molecular formula is C17H32N2O2. The van der Waals surface area contributed by atoms with Crippen molar-refractivity contribution in [2.24, 2.45) is 5.92 Å². The smallest absolute Gasteiger partial charge is 0.327 e. The second-order valence-corrected chi connectivity index (χ2v) is 6.57. The number of carbonyl (C=O) groups excluding carboxylic acids is 1. The van der Waals surface area contributed by atoms with Gasteiger partial charge in [0.15, 0.2) is 0 Å². The molecule has 1 atom stereocenters. The molecule has 0 aromatic heterocycles. The van der Waals surface area contributed by atoms with Crippen LogP contribution in [0.15, 0.2) is 0 Å². The van der Waals surface area contributed by atoms with Crippen LogP contribution in [0.5, 0.6) is 0 Å². The minimum atomic E-state index is -0.497. The molecule has 2 saturated carbocycles. The minimum absolute atomic E-state index is 0.0516. The van der Waals surface area contributed by atoms with Gasteiger partial charge in [0.25, 0.3) is 0 Å². The highest BCUT2D eigenvalue weighted by Gasteiger charge is 2.52. The van der Waals surface area contributed by atoms with Crippen LogP contribution in [0.1, 0.15) is 58.8 Å². The van der Waals surface area contributed by atoms with Gasteiger partial charge in [0.2, 0.25) is 0 Å². The number of rotatable bonds is 8. The van der Waals surface area contributed by atoms with Crippen molar-refractivity contribution >= 4 is 5.97 Å². The van der Waals surface area contributed by atoms with Gasteiger partial charge < -0.3 is 10.1 Å². The molecule has 2 fully saturated rings. The van der Waals surface area contributed by atoms with E-state index in [4.69, 9.17) is 4.74 Å². The van der Waals surface area contributed by atoms with Gasteiger partial charge in [-0.2, -0.15) is 0 Å². The maximum atomic E-state index is 12.6. The molecule has 0 aliphatic heterocycles. The Bertz CT molecular complexity index is 338. The third-order valence-electron chi connectivity index (χ3n) is 5.31. The van der Waals surface area contributed by atoms with Gasteiger partial charge in [-0.1, -0.05) is 26.2 Å². The van der Waals surface area contributed by atoms with E-state index >= 15 is 0 Å². The first-order valence-electron chi connectivity index (χ1n) is 8.78. The summed E-state index contributed by atoms with van der Waals surface area (Å²) in [4.78, 5) is 15.1. The molecule has 1 unspecified atom stereocenters. The molecule has 2 aliphatic rings. The molecule has 0 radical (unpaired) electrons. The summed E-state index contributed by atoms with van der Waals surface area (Å²) in [5.74, 6) is 0.392. The van der Waals surface area contributed by atoms with E-state index in [2.05, 4.69) is 17.1 Å². The van der Waals surface area contributed by atoms with Crippen molar-refractivity contribution in [1.29, 1.82) is 0 Å². The SMILES string of the molecule is CCOC(=O)C(CN(CC)C1CCCCC1)(NC)C1CC1. The normalized spacial score (nSPS) is 23.0. The molecule has 0 saturated heterocycles. The fourth-order valence-corrected chi connectivity index (χ4v) is 3.85. The first-order valence-corrected chi connectivity index (χ1v) is 8.78. The van der Waals surface area contributed by atoms with Crippen LogP contribution >= 0.6 is 0 Å². The summed E-state index contributed by atoms with van der Waals surface area (Å²) in [6, 6.07) is 0.643. The number of hydrogen-bond donors (Lipinski definition) is 1. The van der Waals surface area contributed by atoms with Gasteiger partial charge in [-0.3, -0.25) is 4.90 Å². The Kier molecular flexibility index (Phi) is 6.06. The Balaban J connectivity index is 2.10. The van der Waals surface area contributed by atoms with E-state index in [0.717, 1.165) is 25.9 Å². The van der Waals surface area contributed by atoms with Gasteiger partial charge in [0.1, 0.15) is 5.54 Å². The molecule has 4 heteroatoms. The number of likely N-dealkylation sites (N-methyl/N-ethyl adjacent to an activating group) is 2. The molecule has 0 heterocycles. The van der Waals surface area contributed by atoms with Crippen LogP contribution in [0.3, 0.4) is 0 Å². The van der Waals surface area contributed by atoms with Gasteiger partial charge in [-0.25, -0.2) is 4.79 Å². The van der Waals surface area contributed by atoms with Crippen molar-refractivity contribution in [3.63, 3.8) is 0 Å². The Hall–Kier alpha value is -0.610. The Morgan fingerprint density at radius 3 is 2.33 bits per heavy atom. The number of nitrogens with zero attached hydrogens (tertiary/aromatic N) is 1. The largest absolute Gasteiger partial charge is 0.465 e. The molecular weight excluding hydrogens is 264 g/mol.